The lowest BCUT2D eigenvalue weighted by Crippen LogP contribution is -2.59. The molecule has 2 nitrogen and oxygen atoms in total. The maximum Gasteiger partial charge on any atom is 0.226 e. The van der Waals surface area contributed by atoms with Gasteiger partial charge in [0.25, 0.3) is 0 Å². The van der Waals surface area contributed by atoms with Crippen molar-refractivity contribution in [3.05, 3.63) is 34.9 Å². The van der Waals surface area contributed by atoms with Crippen molar-refractivity contribution in [3.8, 4) is 0 Å². The molecule has 1 unspecified atom stereocenters. The predicted molar refractivity (Wildman–Crippen MR) is 105 cm³/mol. The standard InChI is InChI=1S/C24H33NO/c1-15-6-16(2)8-17(7-15)10-20-4-3-5-25(24(20)26)23-21-11-18-9-19(13-21)14-22(23)12-18/h6-8,18-23H,3-5,9-14H2,1-2H3. The number of rotatable bonds is 3. The van der Waals surface area contributed by atoms with Crippen molar-refractivity contribution in [1.82, 2.24) is 4.90 Å². The molecule has 140 valence electrons. The minimum atomic E-state index is 0.210. The van der Waals surface area contributed by atoms with E-state index in [1.807, 2.05) is 0 Å². The monoisotopic (exact) mass is 351 g/mol. The summed E-state index contributed by atoms with van der Waals surface area (Å²) in [5.74, 6) is 4.29. The molecule has 4 aliphatic carbocycles. The summed E-state index contributed by atoms with van der Waals surface area (Å²) in [6, 6.07) is 7.37. The number of nitrogens with zero attached hydrogens (tertiary/aromatic N) is 1. The molecule has 1 amide bonds. The number of hydrogen-bond donors (Lipinski definition) is 0. The van der Waals surface area contributed by atoms with E-state index in [0.717, 1.165) is 43.1 Å². The minimum Gasteiger partial charge on any atom is -0.339 e. The topological polar surface area (TPSA) is 20.3 Å². The van der Waals surface area contributed by atoms with Gasteiger partial charge in [-0.3, -0.25) is 4.79 Å². The Hall–Kier alpha value is -1.31. The quantitative estimate of drug-likeness (QED) is 0.758. The zero-order valence-corrected chi connectivity index (χ0v) is 16.4. The molecule has 1 aromatic rings. The van der Waals surface area contributed by atoms with Crippen LogP contribution in [0.2, 0.25) is 0 Å². The van der Waals surface area contributed by atoms with E-state index < -0.39 is 0 Å². The highest BCUT2D eigenvalue weighted by molar-refractivity contribution is 5.80. The fourth-order valence-corrected chi connectivity index (χ4v) is 7.34. The number of amides is 1. The number of aryl methyl sites for hydroxylation is 2. The summed E-state index contributed by atoms with van der Waals surface area (Å²) < 4.78 is 0. The summed E-state index contributed by atoms with van der Waals surface area (Å²) in [7, 11) is 0. The summed E-state index contributed by atoms with van der Waals surface area (Å²) in [6.07, 6.45) is 10.3. The van der Waals surface area contributed by atoms with Crippen molar-refractivity contribution in [2.24, 2.45) is 29.6 Å². The second-order valence-corrected chi connectivity index (χ2v) is 9.99. The molecule has 0 aromatic heterocycles. The molecule has 2 heteroatoms. The van der Waals surface area contributed by atoms with Crippen molar-refractivity contribution >= 4 is 5.91 Å². The summed E-state index contributed by atoms with van der Waals surface area (Å²) >= 11 is 0. The highest BCUT2D eigenvalue weighted by atomic mass is 16.2. The van der Waals surface area contributed by atoms with E-state index in [4.69, 9.17) is 0 Å². The third-order valence-corrected chi connectivity index (χ3v) is 7.88. The maximum absolute atomic E-state index is 13.4. The van der Waals surface area contributed by atoms with Crippen LogP contribution in [-0.2, 0) is 11.2 Å². The first kappa shape index (κ1) is 16.8. The first-order valence-corrected chi connectivity index (χ1v) is 10.9. The van der Waals surface area contributed by atoms with Crippen LogP contribution in [0.3, 0.4) is 0 Å². The van der Waals surface area contributed by atoms with Gasteiger partial charge >= 0.3 is 0 Å². The number of hydrogen-bond acceptors (Lipinski definition) is 1. The molecule has 5 fully saturated rings. The molecule has 6 rings (SSSR count). The molecule has 1 atom stereocenters. The number of piperidine rings is 1. The lowest BCUT2D eigenvalue weighted by molar-refractivity contribution is -0.151. The van der Waals surface area contributed by atoms with Gasteiger partial charge in [0.05, 0.1) is 0 Å². The number of carbonyl (C=O) groups is 1. The van der Waals surface area contributed by atoms with Crippen LogP contribution >= 0.6 is 0 Å². The van der Waals surface area contributed by atoms with Gasteiger partial charge in [0.2, 0.25) is 5.91 Å². The first-order chi connectivity index (χ1) is 12.6. The highest BCUT2D eigenvalue weighted by Gasteiger charge is 2.51. The van der Waals surface area contributed by atoms with E-state index in [1.54, 1.807) is 0 Å². The molecule has 0 radical (unpaired) electrons. The van der Waals surface area contributed by atoms with Crippen LogP contribution in [-0.4, -0.2) is 23.4 Å². The molecule has 1 saturated heterocycles. The molecule has 0 spiro atoms. The molecule has 0 N–H and O–H groups in total. The highest BCUT2D eigenvalue weighted by Crippen LogP contribution is 2.55. The van der Waals surface area contributed by atoms with Crippen LogP contribution in [0.5, 0.6) is 0 Å². The van der Waals surface area contributed by atoms with E-state index in [9.17, 15) is 4.79 Å². The van der Waals surface area contributed by atoms with Crippen molar-refractivity contribution in [2.45, 2.75) is 71.3 Å². The first-order valence-electron chi connectivity index (χ1n) is 10.9. The Bertz CT molecular complexity index is 660. The molecule has 1 heterocycles. The number of benzene rings is 1. The van der Waals surface area contributed by atoms with E-state index in [-0.39, 0.29) is 5.92 Å². The van der Waals surface area contributed by atoms with Gasteiger partial charge in [-0.25, -0.2) is 0 Å². The molecule has 26 heavy (non-hydrogen) atoms. The van der Waals surface area contributed by atoms with Gasteiger partial charge in [-0.15, -0.1) is 0 Å². The van der Waals surface area contributed by atoms with Gasteiger partial charge in [0.15, 0.2) is 0 Å². The normalized spacial score (nSPS) is 38.8. The lowest BCUT2D eigenvalue weighted by atomic mass is 9.53. The molecule has 1 aromatic carbocycles. The van der Waals surface area contributed by atoms with Gasteiger partial charge in [-0.1, -0.05) is 29.3 Å². The van der Waals surface area contributed by atoms with Crippen LogP contribution in [0.1, 0.15) is 61.6 Å². The van der Waals surface area contributed by atoms with Crippen LogP contribution in [0, 0.1) is 43.4 Å². The largest absolute Gasteiger partial charge is 0.339 e. The molecular weight excluding hydrogens is 318 g/mol. The fraction of sp³-hybridized carbons (Fsp3) is 0.708. The lowest BCUT2D eigenvalue weighted by Gasteiger charge is -2.58. The van der Waals surface area contributed by atoms with Crippen LogP contribution in [0.4, 0.5) is 0 Å². The Kier molecular flexibility index (Phi) is 4.14. The molecule has 5 aliphatic rings. The SMILES string of the molecule is Cc1cc(C)cc(CC2CCCN(C3C4CC5CC(C4)CC3C5)C2=O)c1. The van der Waals surface area contributed by atoms with E-state index in [1.165, 1.54) is 55.2 Å². The fourth-order valence-electron chi connectivity index (χ4n) is 7.34. The molecule has 4 saturated carbocycles. The van der Waals surface area contributed by atoms with E-state index in [2.05, 4.69) is 36.9 Å². The minimum absolute atomic E-state index is 0.210. The van der Waals surface area contributed by atoms with Gasteiger partial charge in [-0.2, -0.15) is 0 Å². The number of likely N-dealkylation sites (tertiary alicyclic amines) is 1. The van der Waals surface area contributed by atoms with Gasteiger partial charge in [0, 0.05) is 18.5 Å². The molecule has 1 aliphatic heterocycles. The third-order valence-electron chi connectivity index (χ3n) is 7.88. The number of carbonyl (C=O) groups excluding carboxylic acids is 1. The van der Waals surface area contributed by atoms with Crippen molar-refractivity contribution in [1.29, 1.82) is 0 Å². The smallest absolute Gasteiger partial charge is 0.226 e. The summed E-state index contributed by atoms with van der Waals surface area (Å²) in [5.41, 5.74) is 4.00. The Labute approximate surface area is 158 Å². The van der Waals surface area contributed by atoms with Crippen LogP contribution in [0.15, 0.2) is 18.2 Å². The average Bonchev–Trinajstić information content (AvgIpc) is 2.56. The molecular formula is C24H33NO. The van der Waals surface area contributed by atoms with Crippen LogP contribution in [0.25, 0.3) is 0 Å². The van der Waals surface area contributed by atoms with Crippen LogP contribution < -0.4 is 0 Å². The van der Waals surface area contributed by atoms with Gasteiger partial charge in [-0.05, 0) is 94.4 Å². The summed E-state index contributed by atoms with van der Waals surface area (Å²) in [4.78, 5) is 15.8. The Balaban J connectivity index is 1.34. The van der Waals surface area contributed by atoms with E-state index in [0.29, 0.717) is 11.9 Å². The molecule has 4 bridgehead atoms. The zero-order valence-electron chi connectivity index (χ0n) is 16.4. The third kappa shape index (κ3) is 2.90. The van der Waals surface area contributed by atoms with Crippen molar-refractivity contribution in [2.75, 3.05) is 6.54 Å². The second-order valence-electron chi connectivity index (χ2n) is 9.99. The maximum atomic E-state index is 13.4. The predicted octanol–water partition coefficient (Wildman–Crippen LogP) is 4.91. The van der Waals surface area contributed by atoms with Crippen molar-refractivity contribution < 1.29 is 4.79 Å². The zero-order chi connectivity index (χ0) is 17.8. The van der Waals surface area contributed by atoms with E-state index >= 15 is 0 Å². The summed E-state index contributed by atoms with van der Waals surface area (Å²) in [6.45, 7) is 5.36. The summed E-state index contributed by atoms with van der Waals surface area (Å²) in [5, 5.41) is 0. The Morgan fingerprint density at radius 3 is 2.15 bits per heavy atom. The van der Waals surface area contributed by atoms with Crippen molar-refractivity contribution in [3.63, 3.8) is 0 Å². The van der Waals surface area contributed by atoms with Gasteiger partial charge < -0.3 is 4.90 Å². The van der Waals surface area contributed by atoms with Gasteiger partial charge in [0.1, 0.15) is 0 Å². The second kappa shape index (κ2) is 6.39. The Morgan fingerprint density at radius 2 is 1.54 bits per heavy atom. The average molecular weight is 352 g/mol. The Morgan fingerprint density at radius 1 is 0.923 bits per heavy atom.